The van der Waals surface area contributed by atoms with Crippen molar-refractivity contribution in [3.05, 3.63) is 58.7 Å². The van der Waals surface area contributed by atoms with E-state index in [1.165, 1.54) is 0 Å². The summed E-state index contributed by atoms with van der Waals surface area (Å²) in [5.74, 6) is 1.43. The highest BCUT2D eigenvalue weighted by molar-refractivity contribution is 5.80. The predicted molar refractivity (Wildman–Crippen MR) is 105 cm³/mol. The van der Waals surface area contributed by atoms with Crippen molar-refractivity contribution >= 4 is 5.91 Å². The van der Waals surface area contributed by atoms with Crippen molar-refractivity contribution in [2.24, 2.45) is 0 Å². The van der Waals surface area contributed by atoms with E-state index in [0.29, 0.717) is 6.54 Å². The minimum Gasteiger partial charge on any atom is -0.491 e. The van der Waals surface area contributed by atoms with Crippen molar-refractivity contribution in [3.8, 4) is 11.5 Å². The lowest BCUT2D eigenvalue weighted by atomic mass is 10.1. The number of aryl methyl sites for hydroxylation is 2. The van der Waals surface area contributed by atoms with Crippen molar-refractivity contribution in [1.82, 2.24) is 5.32 Å². The average molecular weight is 355 g/mol. The molecule has 2 aromatic rings. The monoisotopic (exact) mass is 355 g/mol. The number of carbonyl (C=O) groups is 1. The molecule has 2 rings (SSSR count). The van der Waals surface area contributed by atoms with Crippen LogP contribution in [0.4, 0.5) is 0 Å². The van der Waals surface area contributed by atoms with Crippen molar-refractivity contribution < 1.29 is 14.3 Å². The zero-order valence-corrected chi connectivity index (χ0v) is 16.6. The van der Waals surface area contributed by atoms with Crippen LogP contribution in [0.3, 0.4) is 0 Å². The first kappa shape index (κ1) is 19.8. The number of rotatable bonds is 7. The third kappa shape index (κ3) is 5.51. The van der Waals surface area contributed by atoms with Crippen LogP contribution in [0.2, 0.25) is 0 Å². The molecule has 1 unspecified atom stereocenters. The van der Waals surface area contributed by atoms with Gasteiger partial charge in [-0.25, -0.2) is 0 Å². The Morgan fingerprint density at radius 2 is 1.77 bits per heavy atom. The molecule has 4 nitrogen and oxygen atoms in total. The summed E-state index contributed by atoms with van der Waals surface area (Å²) in [6, 6.07) is 11.8. The maximum absolute atomic E-state index is 12.4. The first-order valence-electron chi connectivity index (χ1n) is 9.04. The molecule has 2 aromatic carbocycles. The van der Waals surface area contributed by atoms with Crippen LogP contribution in [0.1, 0.15) is 43.0 Å². The molecule has 0 aliphatic rings. The summed E-state index contributed by atoms with van der Waals surface area (Å²) < 4.78 is 11.6. The van der Waals surface area contributed by atoms with Gasteiger partial charge in [0, 0.05) is 6.54 Å². The summed E-state index contributed by atoms with van der Waals surface area (Å²) in [4.78, 5) is 12.4. The number of carbonyl (C=O) groups excluding carboxylic acids is 1. The van der Waals surface area contributed by atoms with Crippen LogP contribution in [-0.4, -0.2) is 18.1 Å². The molecule has 0 aromatic heterocycles. The average Bonchev–Trinajstić information content (AvgIpc) is 2.56. The summed E-state index contributed by atoms with van der Waals surface area (Å²) in [5.41, 5.74) is 4.34. The molecule has 0 radical (unpaired) electrons. The normalized spacial score (nSPS) is 12.0. The Kier molecular flexibility index (Phi) is 6.67. The Morgan fingerprint density at radius 3 is 2.46 bits per heavy atom. The number of amides is 1. The van der Waals surface area contributed by atoms with Crippen LogP contribution >= 0.6 is 0 Å². The molecule has 140 valence electrons. The molecular weight excluding hydrogens is 326 g/mol. The maximum Gasteiger partial charge on any atom is 0.261 e. The topological polar surface area (TPSA) is 47.6 Å². The van der Waals surface area contributed by atoms with Gasteiger partial charge in [-0.05, 0) is 82.0 Å². The zero-order chi connectivity index (χ0) is 19.3. The van der Waals surface area contributed by atoms with E-state index in [1.54, 1.807) is 6.92 Å². The third-order valence-electron chi connectivity index (χ3n) is 4.17. The number of ether oxygens (including phenoxy) is 2. The largest absolute Gasteiger partial charge is 0.491 e. The van der Waals surface area contributed by atoms with Crippen LogP contribution in [0.25, 0.3) is 0 Å². The molecule has 0 aliphatic heterocycles. The van der Waals surface area contributed by atoms with Gasteiger partial charge < -0.3 is 14.8 Å². The van der Waals surface area contributed by atoms with E-state index in [2.05, 4.69) is 11.4 Å². The van der Waals surface area contributed by atoms with E-state index >= 15 is 0 Å². The van der Waals surface area contributed by atoms with Crippen molar-refractivity contribution in [3.63, 3.8) is 0 Å². The van der Waals surface area contributed by atoms with Crippen LogP contribution < -0.4 is 14.8 Å². The van der Waals surface area contributed by atoms with Gasteiger partial charge in [-0.1, -0.05) is 18.2 Å². The minimum atomic E-state index is -0.565. The fraction of sp³-hybridized carbons (Fsp3) is 0.409. The quantitative estimate of drug-likeness (QED) is 0.796. The Morgan fingerprint density at radius 1 is 1.04 bits per heavy atom. The summed E-state index contributed by atoms with van der Waals surface area (Å²) in [7, 11) is 0. The van der Waals surface area contributed by atoms with Crippen LogP contribution in [-0.2, 0) is 11.3 Å². The lowest BCUT2D eigenvalue weighted by molar-refractivity contribution is -0.127. The molecule has 0 aliphatic carbocycles. The van der Waals surface area contributed by atoms with Gasteiger partial charge in [0.1, 0.15) is 11.5 Å². The molecule has 1 amide bonds. The molecular formula is C22H29NO3. The molecule has 1 atom stereocenters. The molecule has 26 heavy (non-hydrogen) atoms. The smallest absolute Gasteiger partial charge is 0.261 e. The lowest BCUT2D eigenvalue weighted by Crippen LogP contribution is -2.36. The molecule has 0 heterocycles. The highest BCUT2D eigenvalue weighted by Gasteiger charge is 2.16. The lowest BCUT2D eigenvalue weighted by Gasteiger charge is -2.18. The summed E-state index contributed by atoms with van der Waals surface area (Å²) in [6.07, 6.45) is -0.445. The van der Waals surface area contributed by atoms with E-state index in [4.69, 9.17) is 9.47 Å². The number of benzene rings is 2. The van der Waals surface area contributed by atoms with Crippen LogP contribution in [0, 0.1) is 20.8 Å². The van der Waals surface area contributed by atoms with Gasteiger partial charge in [0.15, 0.2) is 6.10 Å². The summed E-state index contributed by atoms with van der Waals surface area (Å²) in [5, 5.41) is 2.93. The molecule has 0 fully saturated rings. The summed E-state index contributed by atoms with van der Waals surface area (Å²) in [6.45, 7) is 12.3. The Balaban J connectivity index is 1.96. The van der Waals surface area contributed by atoms with Gasteiger partial charge in [-0.15, -0.1) is 0 Å². The molecule has 0 bridgehead atoms. The second kappa shape index (κ2) is 8.75. The number of hydrogen-bond donors (Lipinski definition) is 1. The Hall–Kier alpha value is -2.49. The van der Waals surface area contributed by atoms with E-state index in [-0.39, 0.29) is 12.0 Å². The number of hydrogen-bond acceptors (Lipinski definition) is 3. The van der Waals surface area contributed by atoms with E-state index < -0.39 is 6.10 Å². The van der Waals surface area contributed by atoms with Gasteiger partial charge in [-0.3, -0.25) is 4.79 Å². The van der Waals surface area contributed by atoms with Crippen molar-refractivity contribution in [2.75, 3.05) is 0 Å². The SMILES string of the molecule is Cc1cc(C)c(C)c(OC(C)C(=O)NCc2cccc(OC(C)C)c2)c1. The van der Waals surface area contributed by atoms with Gasteiger partial charge >= 0.3 is 0 Å². The molecule has 0 spiro atoms. The first-order chi connectivity index (χ1) is 12.3. The third-order valence-corrected chi connectivity index (χ3v) is 4.17. The molecule has 4 heteroatoms. The fourth-order valence-electron chi connectivity index (χ4n) is 2.70. The molecule has 0 saturated carbocycles. The van der Waals surface area contributed by atoms with E-state index in [1.807, 2.05) is 65.0 Å². The highest BCUT2D eigenvalue weighted by Crippen LogP contribution is 2.24. The standard InChI is InChI=1S/C22H29NO3/c1-14(2)25-20-9-7-8-19(12-20)13-23-22(24)18(6)26-21-11-15(3)10-16(4)17(21)5/h7-12,14,18H,13H2,1-6H3,(H,23,24). The second-order valence-corrected chi connectivity index (χ2v) is 7.00. The van der Waals surface area contributed by atoms with Crippen LogP contribution in [0.15, 0.2) is 36.4 Å². The van der Waals surface area contributed by atoms with E-state index in [9.17, 15) is 4.79 Å². The number of nitrogens with one attached hydrogen (secondary N) is 1. The summed E-state index contributed by atoms with van der Waals surface area (Å²) >= 11 is 0. The van der Waals surface area contributed by atoms with Gasteiger partial charge in [-0.2, -0.15) is 0 Å². The Bertz CT molecular complexity index is 768. The Labute approximate surface area is 156 Å². The fourth-order valence-corrected chi connectivity index (χ4v) is 2.70. The predicted octanol–water partition coefficient (Wildman–Crippen LogP) is 4.48. The maximum atomic E-state index is 12.4. The zero-order valence-electron chi connectivity index (χ0n) is 16.6. The van der Waals surface area contributed by atoms with Crippen molar-refractivity contribution in [2.45, 2.75) is 60.3 Å². The molecule has 0 saturated heterocycles. The van der Waals surface area contributed by atoms with E-state index in [0.717, 1.165) is 33.8 Å². The van der Waals surface area contributed by atoms with Gasteiger partial charge in [0.25, 0.3) is 5.91 Å². The molecule has 1 N–H and O–H groups in total. The van der Waals surface area contributed by atoms with Gasteiger partial charge in [0.05, 0.1) is 6.10 Å². The van der Waals surface area contributed by atoms with Gasteiger partial charge in [0.2, 0.25) is 0 Å². The highest BCUT2D eigenvalue weighted by atomic mass is 16.5. The second-order valence-electron chi connectivity index (χ2n) is 7.00. The minimum absolute atomic E-state index is 0.120. The first-order valence-corrected chi connectivity index (χ1v) is 9.04. The van der Waals surface area contributed by atoms with Crippen LogP contribution in [0.5, 0.6) is 11.5 Å². The van der Waals surface area contributed by atoms with Crippen molar-refractivity contribution in [1.29, 1.82) is 0 Å².